The van der Waals surface area contributed by atoms with E-state index in [1.165, 1.54) is 18.2 Å². The average molecular weight is 196 g/mol. The molecule has 0 aliphatic carbocycles. The van der Waals surface area contributed by atoms with E-state index in [0.717, 1.165) is 6.42 Å². The number of halogens is 1. The second-order valence-electron chi connectivity index (χ2n) is 3.17. The fourth-order valence-electron chi connectivity index (χ4n) is 1.04. The smallest absolute Gasteiger partial charge is 0.150 e. The number of rotatable bonds is 4. The van der Waals surface area contributed by atoms with Crippen LogP contribution in [0.1, 0.15) is 30.6 Å². The van der Waals surface area contributed by atoms with E-state index in [-0.39, 0.29) is 6.10 Å². The van der Waals surface area contributed by atoms with E-state index < -0.39 is 5.82 Å². The van der Waals surface area contributed by atoms with Crippen LogP contribution < -0.4 is 4.74 Å². The van der Waals surface area contributed by atoms with E-state index in [0.29, 0.717) is 17.6 Å². The molecule has 0 aliphatic heterocycles. The first-order valence-electron chi connectivity index (χ1n) is 4.58. The minimum absolute atomic E-state index is 0.0244. The predicted molar refractivity (Wildman–Crippen MR) is 52.2 cm³/mol. The van der Waals surface area contributed by atoms with Crippen molar-refractivity contribution in [3.05, 3.63) is 29.6 Å². The molecule has 1 aromatic rings. The standard InChI is InChI=1S/C11H13FO2/c1-3-8(2)14-11-5-9(7-13)4-10(12)6-11/h4-8H,3H2,1-2H3. The van der Waals surface area contributed by atoms with Gasteiger partial charge < -0.3 is 4.74 Å². The Morgan fingerprint density at radius 1 is 1.50 bits per heavy atom. The summed E-state index contributed by atoms with van der Waals surface area (Å²) in [6.07, 6.45) is 1.47. The number of hydrogen-bond donors (Lipinski definition) is 0. The Morgan fingerprint density at radius 3 is 2.79 bits per heavy atom. The molecule has 2 nitrogen and oxygen atoms in total. The van der Waals surface area contributed by atoms with Crippen molar-refractivity contribution in [2.24, 2.45) is 0 Å². The lowest BCUT2D eigenvalue weighted by molar-refractivity contribution is 0.112. The number of hydrogen-bond acceptors (Lipinski definition) is 2. The van der Waals surface area contributed by atoms with Gasteiger partial charge in [0.15, 0.2) is 0 Å². The maximum atomic E-state index is 12.9. The Morgan fingerprint density at radius 2 is 2.21 bits per heavy atom. The monoisotopic (exact) mass is 196 g/mol. The summed E-state index contributed by atoms with van der Waals surface area (Å²) in [6, 6.07) is 3.98. The van der Waals surface area contributed by atoms with Gasteiger partial charge in [-0.05, 0) is 25.5 Å². The first-order chi connectivity index (χ1) is 6.65. The van der Waals surface area contributed by atoms with Gasteiger partial charge >= 0.3 is 0 Å². The van der Waals surface area contributed by atoms with Gasteiger partial charge in [-0.3, -0.25) is 4.79 Å². The van der Waals surface area contributed by atoms with Crippen molar-refractivity contribution >= 4 is 6.29 Å². The van der Waals surface area contributed by atoms with Crippen LogP contribution in [0.4, 0.5) is 4.39 Å². The zero-order valence-electron chi connectivity index (χ0n) is 8.29. The maximum absolute atomic E-state index is 12.9. The van der Waals surface area contributed by atoms with Gasteiger partial charge in [-0.25, -0.2) is 4.39 Å². The van der Waals surface area contributed by atoms with Gasteiger partial charge in [-0.1, -0.05) is 6.92 Å². The van der Waals surface area contributed by atoms with Crippen molar-refractivity contribution < 1.29 is 13.9 Å². The highest BCUT2D eigenvalue weighted by molar-refractivity contribution is 5.75. The van der Waals surface area contributed by atoms with E-state index in [4.69, 9.17) is 4.74 Å². The van der Waals surface area contributed by atoms with Gasteiger partial charge in [0.2, 0.25) is 0 Å². The van der Waals surface area contributed by atoms with Crippen LogP contribution in [0.3, 0.4) is 0 Å². The molecular weight excluding hydrogens is 183 g/mol. The highest BCUT2D eigenvalue weighted by Gasteiger charge is 2.04. The van der Waals surface area contributed by atoms with Crippen LogP contribution >= 0.6 is 0 Å². The molecule has 0 bridgehead atoms. The summed E-state index contributed by atoms with van der Waals surface area (Å²) < 4.78 is 18.3. The molecule has 0 saturated heterocycles. The largest absolute Gasteiger partial charge is 0.491 e. The summed E-state index contributed by atoms with van der Waals surface area (Å²) in [4.78, 5) is 10.4. The van der Waals surface area contributed by atoms with Crippen molar-refractivity contribution in [3.63, 3.8) is 0 Å². The van der Waals surface area contributed by atoms with Gasteiger partial charge in [0.05, 0.1) is 6.10 Å². The molecule has 0 N–H and O–H groups in total. The summed E-state index contributed by atoms with van der Waals surface area (Å²) in [7, 11) is 0. The van der Waals surface area contributed by atoms with Crippen LogP contribution in [0, 0.1) is 5.82 Å². The van der Waals surface area contributed by atoms with E-state index >= 15 is 0 Å². The van der Waals surface area contributed by atoms with Gasteiger partial charge in [0, 0.05) is 11.6 Å². The molecule has 1 aromatic carbocycles. The summed E-state index contributed by atoms with van der Waals surface area (Å²) in [5.41, 5.74) is 0.295. The fourth-order valence-corrected chi connectivity index (χ4v) is 1.04. The van der Waals surface area contributed by atoms with Crippen molar-refractivity contribution in [1.29, 1.82) is 0 Å². The van der Waals surface area contributed by atoms with Crippen LogP contribution in [-0.2, 0) is 0 Å². The van der Waals surface area contributed by atoms with Crippen LogP contribution in [0.15, 0.2) is 18.2 Å². The summed E-state index contributed by atoms with van der Waals surface area (Å²) in [5.74, 6) is -0.0469. The third kappa shape index (κ3) is 2.83. The lowest BCUT2D eigenvalue weighted by atomic mass is 10.2. The number of benzene rings is 1. The Kier molecular flexibility index (Phi) is 3.63. The third-order valence-electron chi connectivity index (χ3n) is 1.94. The van der Waals surface area contributed by atoms with Crippen molar-refractivity contribution in [2.75, 3.05) is 0 Å². The maximum Gasteiger partial charge on any atom is 0.150 e. The molecule has 14 heavy (non-hydrogen) atoms. The van der Waals surface area contributed by atoms with Gasteiger partial charge in [0.1, 0.15) is 17.9 Å². The zero-order chi connectivity index (χ0) is 10.6. The Balaban J connectivity index is 2.86. The lowest BCUT2D eigenvalue weighted by Gasteiger charge is -2.12. The topological polar surface area (TPSA) is 26.3 Å². The number of aldehydes is 1. The Bertz CT molecular complexity index is 323. The number of ether oxygens (including phenoxy) is 1. The van der Waals surface area contributed by atoms with Gasteiger partial charge in [-0.15, -0.1) is 0 Å². The zero-order valence-corrected chi connectivity index (χ0v) is 8.29. The quantitative estimate of drug-likeness (QED) is 0.692. The molecule has 0 aliphatic rings. The van der Waals surface area contributed by atoms with Crippen LogP contribution in [-0.4, -0.2) is 12.4 Å². The first kappa shape index (κ1) is 10.7. The normalized spacial score (nSPS) is 12.2. The molecule has 0 amide bonds. The van der Waals surface area contributed by atoms with Crippen LogP contribution in [0.2, 0.25) is 0 Å². The molecule has 0 heterocycles. The van der Waals surface area contributed by atoms with Gasteiger partial charge in [0.25, 0.3) is 0 Å². The van der Waals surface area contributed by atoms with Gasteiger partial charge in [-0.2, -0.15) is 0 Å². The third-order valence-corrected chi connectivity index (χ3v) is 1.94. The Labute approximate surface area is 82.7 Å². The van der Waals surface area contributed by atoms with E-state index in [2.05, 4.69) is 0 Å². The van der Waals surface area contributed by atoms with Crippen LogP contribution in [0.5, 0.6) is 5.75 Å². The molecule has 0 fully saturated rings. The highest BCUT2D eigenvalue weighted by Crippen LogP contribution is 2.17. The van der Waals surface area contributed by atoms with Crippen molar-refractivity contribution in [3.8, 4) is 5.75 Å². The Hall–Kier alpha value is -1.38. The average Bonchev–Trinajstić information content (AvgIpc) is 2.16. The van der Waals surface area contributed by atoms with Crippen molar-refractivity contribution in [1.82, 2.24) is 0 Å². The second-order valence-corrected chi connectivity index (χ2v) is 3.17. The number of carbonyl (C=O) groups is 1. The minimum atomic E-state index is -0.451. The predicted octanol–water partition coefficient (Wildman–Crippen LogP) is 2.82. The molecule has 0 radical (unpaired) electrons. The van der Waals surface area contributed by atoms with Crippen LogP contribution in [0.25, 0.3) is 0 Å². The number of carbonyl (C=O) groups excluding carboxylic acids is 1. The van der Waals surface area contributed by atoms with Crippen molar-refractivity contribution in [2.45, 2.75) is 26.4 Å². The lowest BCUT2D eigenvalue weighted by Crippen LogP contribution is -2.10. The molecule has 1 rings (SSSR count). The SMILES string of the molecule is CCC(C)Oc1cc(F)cc(C=O)c1. The first-order valence-corrected chi connectivity index (χ1v) is 4.58. The molecular formula is C11H13FO2. The molecule has 0 aromatic heterocycles. The molecule has 0 saturated carbocycles. The minimum Gasteiger partial charge on any atom is -0.491 e. The summed E-state index contributed by atoms with van der Waals surface area (Å²) in [6.45, 7) is 3.87. The second kappa shape index (κ2) is 4.74. The molecule has 0 spiro atoms. The highest BCUT2D eigenvalue weighted by atomic mass is 19.1. The molecule has 1 unspecified atom stereocenters. The van der Waals surface area contributed by atoms with E-state index in [1.54, 1.807) is 0 Å². The van der Waals surface area contributed by atoms with E-state index in [1.807, 2.05) is 13.8 Å². The molecule has 3 heteroatoms. The summed E-state index contributed by atoms with van der Waals surface area (Å²) in [5, 5.41) is 0. The fraction of sp³-hybridized carbons (Fsp3) is 0.364. The summed E-state index contributed by atoms with van der Waals surface area (Å²) >= 11 is 0. The molecule has 1 atom stereocenters. The molecule has 76 valence electrons. The van der Waals surface area contributed by atoms with E-state index in [9.17, 15) is 9.18 Å².